The van der Waals surface area contributed by atoms with E-state index in [1.165, 1.54) is 5.47 Å². The molecule has 1 aromatic rings. The average molecular weight is 239 g/mol. The zero-order valence-electron chi connectivity index (χ0n) is 11.9. The molecular formula is C16H22BN. The van der Waals surface area contributed by atoms with Crippen molar-refractivity contribution in [3.8, 4) is 0 Å². The third kappa shape index (κ3) is 4.03. The molecule has 0 unspecified atom stereocenters. The lowest BCUT2D eigenvalue weighted by Gasteiger charge is -2.07. The van der Waals surface area contributed by atoms with Crippen molar-refractivity contribution in [2.75, 3.05) is 0 Å². The Bertz CT molecular complexity index is 470. The molecule has 1 rings (SSSR count). The summed E-state index contributed by atoms with van der Waals surface area (Å²) in [6.45, 7) is 13.2. The molecule has 0 amide bonds. The molecule has 0 aliphatic heterocycles. The average Bonchev–Trinajstić information content (AvgIpc) is 2.38. The molecule has 0 spiro atoms. The highest BCUT2D eigenvalue weighted by atomic mass is 14.7. The lowest BCUT2D eigenvalue weighted by atomic mass is 9.48. The first-order chi connectivity index (χ1) is 8.58. The first-order valence-electron chi connectivity index (χ1n) is 6.58. The predicted molar refractivity (Wildman–Crippen MR) is 83.0 cm³/mol. The number of aromatic nitrogens is 1. The van der Waals surface area contributed by atoms with Crippen LogP contribution in [0.2, 0.25) is 13.6 Å². The van der Waals surface area contributed by atoms with E-state index in [2.05, 4.69) is 56.4 Å². The molecule has 1 nitrogen and oxygen atoms in total. The molecule has 0 saturated carbocycles. The summed E-state index contributed by atoms with van der Waals surface area (Å²) in [5.41, 5.74) is 4.34. The van der Waals surface area contributed by atoms with E-state index in [1.807, 2.05) is 19.1 Å². The number of allylic oxidation sites excluding steroid dienone is 5. The molecule has 18 heavy (non-hydrogen) atoms. The van der Waals surface area contributed by atoms with E-state index >= 15 is 0 Å². The van der Waals surface area contributed by atoms with E-state index in [0.29, 0.717) is 6.71 Å². The van der Waals surface area contributed by atoms with Crippen molar-refractivity contribution < 1.29 is 0 Å². The molecule has 94 valence electrons. The molecule has 0 radical (unpaired) electrons. The second-order valence-corrected chi connectivity index (χ2v) is 4.69. The van der Waals surface area contributed by atoms with Gasteiger partial charge in [-0.25, -0.2) is 0 Å². The van der Waals surface area contributed by atoms with Gasteiger partial charge < -0.3 is 0 Å². The molecule has 0 fully saturated rings. The minimum atomic E-state index is 0.493. The SMILES string of the molecule is C=C(/C=C(\C=C/C)B(C)C)c1cccc(CC)n1. The first kappa shape index (κ1) is 14.5. The van der Waals surface area contributed by atoms with Gasteiger partial charge in [0.15, 0.2) is 6.71 Å². The van der Waals surface area contributed by atoms with Gasteiger partial charge in [0.25, 0.3) is 0 Å². The molecule has 0 N–H and O–H groups in total. The van der Waals surface area contributed by atoms with Crippen molar-refractivity contribution in [1.82, 2.24) is 4.98 Å². The fraction of sp³-hybridized carbons (Fsp3) is 0.312. The zero-order chi connectivity index (χ0) is 13.5. The Balaban J connectivity index is 3.02. The summed E-state index contributed by atoms with van der Waals surface area (Å²) in [6, 6.07) is 6.12. The lowest BCUT2D eigenvalue weighted by molar-refractivity contribution is 1.03. The van der Waals surface area contributed by atoms with Crippen LogP contribution in [0.4, 0.5) is 0 Å². The molecule has 0 aliphatic carbocycles. The van der Waals surface area contributed by atoms with Crippen molar-refractivity contribution >= 4 is 12.3 Å². The van der Waals surface area contributed by atoms with Gasteiger partial charge in [0.1, 0.15) is 0 Å². The summed E-state index contributed by atoms with van der Waals surface area (Å²) in [6.07, 6.45) is 7.29. The summed E-state index contributed by atoms with van der Waals surface area (Å²) >= 11 is 0. The van der Waals surface area contributed by atoms with Crippen LogP contribution in [0.3, 0.4) is 0 Å². The van der Waals surface area contributed by atoms with Crippen LogP contribution in [0.5, 0.6) is 0 Å². The van der Waals surface area contributed by atoms with Crippen LogP contribution in [-0.4, -0.2) is 11.7 Å². The van der Waals surface area contributed by atoms with Gasteiger partial charge in [-0.2, -0.15) is 0 Å². The van der Waals surface area contributed by atoms with Gasteiger partial charge in [0.05, 0.1) is 5.69 Å². The molecule has 0 saturated heterocycles. The maximum Gasteiger partial charge on any atom is 0.169 e. The van der Waals surface area contributed by atoms with Gasteiger partial charge in [-0.1, -0.05) is 56.9 Å². The van der Waals surface area contributed by atoms with Crippen LogP contribution >= 0.6 is 0 Å². The molecule has 1 heterocycles. The van der Waals surface area contributed by atoms with Crippen molar-refractivity contribution in [3.05, 3.63) is 59.9 Å². The Morgan fingerprint density at radius 2 is 2.11 bits per heavy atom. The number of hydrogen-bond acceptors (Lipinski definition) is 1. The third-order valence-electron chi connectivity index (χ3n) is 2.86. The van der Waals surface area contributed by atoms with Crippen LogP contribution in [0.25, 0.3) is 5.57 Å². The van der Waals surface area contributed by atoms with E-state index in [9.17, 15) is 0 Å². The number of aryl methyl sites for hydroxylation is 1. The molecule has 0 atom stereocenters. The zero-order valence-corrected chi connectivity index (χ0v) is 11.9. The van der Waals surface area contributed by atoms with E-state index in [1.54, 1.807) is 0 Å². The van der Waals surface area contributed by atoms with Crippen molar-refractivity contribution in [1.29, 1.82) is 0 Å². The minimum absolute atomic E-state index is 0.493. The van der Waals surface area contributed by atoms with Crippen LogP contribution in [0, 0.1) is 0 Å². The van der Waals surface area contributed by atoms with E-state index in [-0.39, 0.29) is 0 Å². The summed E-state index contributed by atoms with van der Waals surface area (Å²) in [5, 5.41) is 0. The Labute approximate surface area is 111 Å². The predicted octanol–water partition coefficient (Wildman–Crippen LogP) is 4.45. The number of rotatable bonds is 5. The highest BCUT2D eigenvalue weighted by Gasteiger charge is 2.05. The minimum Gasteiger partial charge on any atom is -0.253 e. The molecule has 0 aromatic carbocycles. The Hall–Kier alpha value is -1.57. The summed E-state index contributed by atoms with van der Waals surface area (Å²) < 4.78 is 0. The Kier molecular flexibility index (Phi) is 5.64. The van der Waals surface area contributed by atoms with Gasteiger partial charge in [-0.05, 0) is 31.1 Å². The fourth-order valence-electron chi connectivity index (χ4n) is 1.73. The van der Waals surface area contributed by atoms with E-state index < -0.39 is 0 Å². The second-order valence-electron chi connectivity index (χ2n) is 4.69. The maximum absolute atomic E-state index is 4.60. The van der Waals surface area contributed by atoms with Crippen LogP contribution < -0.4 is 0 Å². The van der Waals surface area contributed by atoms with Crippen LogP contribution in [-0.2, 0) is 6.42 Å². The molecule has 1 aromatic heterocycles. The van der Waals surface area contributed by atoms with Gasteiger partial charge in [0, 0.05) is 5.69 Å². The number of pyridine rings is 1. The van der Waals surface area contributed by atoms with Gasteiger partial charge in [-0.15, -0.1) is 0 Å². The molecule has 2 heteroatoms. The Morgan fingerprint density at radius 3 is 2.67 bits per heavy atom. The largest absolute Gasteiger partial charge is 0.253 e. The lowest BCUT2D eigenvalue weighted by Crippen LogP contribution is -2.04. The highest BCUT2D eigenvalue weighted by Crippen LogP contribution is 2.16. The van der Waals surface area contributed by atoms with E-state index in [0.717, 1.165) is 23.4 Å². The second kappa shape index (κ2) is 7.00. The molecule has 0 bridgehead atoms. The van der Waals surface area contributed by atoms with Gasteiger partial charge in [0.2, 0.25) is 0 Å². The van der Waals surface area contributed by atoms with Gasteiger partial charge >= 0.3 is 0 Å². The summed E-state index contributed by atoms with van der Waals surface area (Å²) in [5.74, 6) is 0. The van der Waals surface area contributed by atoms with Crippen LogP contribution in [0.1, 0.15) is 25.2 Å². The van der Waals surface area contributed by atoms with Crippen molar-refractivity contribution in [2.24, 2.45) is 0 Å². The quantitative estimate of drug-likeness (QED) is 0.546. The monoisotopic (exact) mass is 239 g/mol. The first-order valence-corrected chi connectivity index (χ1v) is 6.58. The smallest absolute Gasteiger partial charge is 0.169 e. The number of hydrogen-bond donors (Lipinski definition) is 0. The van der Waals surface area contributed by atoms with E-state index in [4.69, 9.17) is 0 Å². The van der Waals surface area contributed by atoms with Gasteiger partial charge in [-0.3, -0.25) is 4.98 Å². The fourth-order valence-corrected chi connectivity index (χ4v) is 1.73. The van der Waals surface area contributed by atoms with Crippen LogP contribution in [0.15, 0.2) is 48.5 Å². The Morgan fingerprint density at radius 1 is 1.39 bits per heavy atom. The van der Waals surface area contributed by atoms with Crippen molar-refractivity contribution in [3.63, 3.8) is 0 Å². The standard InChI is InChI=1S/C16H22BN/c1-6-9-14(17(4)5)12-13(3)16-11-8-10-15(7-2)18-16/h6,8-12H,3,7H2,1-2,4-5H3/b9-6-,14-12+. The summed E-state index contributed by atoms with van der Waals surface area (Å²) in [4.78, 5) is 4.60. The summed E-state index contributed by atoms with van der Waals surface area (Å²) in [7, 11) is 0. The molecular weight excluding hydrogens is 217 g/mol. The van der Waals surface area contributed by atoms with Crippen molar-refractivity contribution in [2.45, 2.75) is 33.9 Å². The number of nitrogens with zero attached hydrogens (tertiary/aromatic N) is 1. The normalized spacial score (nSPS) is 11.9. The molecule has 0 aliphatic rings. The third-order valence-corrected chi connectivity index (χ3v) is 2.86. The topological polar surface area (TPSA) is 12.9 Å². The maximum atomic E-state index is 4.60. The highest BCUT2D eigenvalue weighted by molar-refractivity contribution is 6.65.